The molecule has 58 heavy (non-hydrogen) atoms. The molecule has 14 nitrogen and oxygen atoms in total. The van der Waals surface area contributed by atoms with Gasteiger partial charge in [0.15, 0.2) is 24.7 Å². The largest absolute Gasteiger partial charge is 0.463 e. The van der Waals surface area contributed by atoms with Gasteiger partial charge < -0.3 is 63.1 Å². The van der Waals surface area contributed by atoms with Crippen LogP contribution < -0.4 is 0 Å². The van der Waals surface area contributed by atoms with Crippen molar-refractivity contribution in [3.8, 4) is 0 Å². The van der Waals surface area contributed by atoms with Gasteiger partial charge in [0, 0.05) is 24.7 Å². The minimum Gasteiger partial charge on any atom is -0.463 e. The molecule has 21 atom stereocenters. The summed E-state index contributed by atoms with van der Waals surface area (Å²) in [5.41, 5.74) is -2.14. The molecular formula is C44H72O14. The quantitative estimate of drug-likeness (QED) is 0.199. The van der Waals surface area contributed by atoms with Crippen LogP contribution in [0, 0.1) is 34.5 Å². The van der Waals surface area contributed by atoms with Crippen molar-refractivity contribution in [2.45, 2.75) is 236 Å². The molecule has 332 valence electrons. The first-order valence-electron chi connectivity index (χ1n) is 22.5. The van der Waals surface area contributed by atoms with E-state index >= 15 is 0 Å². The maximum Gasteiger partial charge on any atom is 0.309 e. The van der Waals surface area contributed by atoms with E-state index in [9.17, 15) is 25.2 Å². The number of carbonyl (C=O) groups is 1. The maximum atomic E-state index is 13.2. The molecule has 8 rings (SSSR count). The molecule has 0 aromatic rings. The zero-order chi connectivity index (χ0) is 41.7. The van der Waals surface area contributed by atoms with Crippen molar-refractivity contribution in [2.75, 3.05) is 0 Å². The van der Waals surface area contributed by atoms with Crippen LogP contribution in [0.1, 0.15) is 133 Å². The molecule has 0 aromatic heterocycles. The van der Waals surface area contributed by atoms with Gasteiger partial charge in [-0.25, -0.2) is 0 Å². The molecule has 4 N–H and O–H groups in total. The first-order chi connectivity index (χ1) is 27.2. The Labute approximate surface area is 344 Å². The minimum absolute atomic E-state index is 0.00892. The van der Waals surface area contributed by atoms with Gasteiger partial charge in [0.2, 0.25) is 0 Å². The van der Waals surface area contributed by atoms with Gasteiger partial charge >= 0.3 is 5.97 Å². The molecule has 0 amide bonds. The summed E-state index contributed by atoms with van der Waals surface area (Å²) in [5.74, 6) is -1.02. The van der Waals surface area contributed by atoms with Gasteiger partial charge in [-0.15, -0.1) is 0 Å². The van der Waals surface area contributed by atoms with Crippen molar-refractivity contribution in [3.63, 3.8) is 0 Å². The Morgan fingerprint density at radius 2 is 1.29 bits per heavy atom. The van der Waals surface area contributed by atoms with Crippen molar-refractivity contribution in [1.29, 1.82) is 0 Å². The fraction of sp³-hybridized carbons (Fsp3) is 0.977. The lowest BCUT2D eigenvalue weighted by Gasteiger charge is -2.64. The van der Waals surface area contributed by atoms with Crippen LogP contribution in [0.15, 0.2) is 0 Å². The monoisotopic (exact) mass is 824 g/mol. The summed E-state index contributed by atoms with van der Waals surface area (Å²) in [6.07, 6.45) is -0.825. The first kappa shape index (κ1) is 43.6. The number of carbonyl (C=O) groups excluding carboxylic acids is 1. The second-order valence-corrected chi connectivity index (χ2v) is 20.6. The van der Waals surface area contributed by atoms with E-state index in [-0.39, 0.29) is 66.6 Å². The summed E-state index contributed by atoms with van der Waals surface area (Å²) in [6.45, 7) is 17.4. The van der Waals surface area contributed by atoms with Gasteiger partial charge in [0.25, 0.3) is 0 Å². The third kappa shape index (κ3) is 7.62. The Morgan fingerprint density at radius 1 is 0.690 bits per heavy atom. The number of ether oxygens (including phenoxy) is 9. The summed E-state index contributed by atoms with van der Waals surface area (Å²) in [6, 6.07) is 0. The topological polar surface area (TPSA) is 181 Å². The molecular weight excluding hydrogens is 752 g/mol. The second-order valence-electron chi connectivity index (χ2n) is 20.6. The van der Waals surface area contributed by atoms with E-state index in [0.29, 0.717) is 31.6 Å². The Hall–Kier alpha value is -1.01. The molecule has 0 bridgehead atoms. The second kappa shape index (κ2) is 16.0. The molecule has 4 saturated carbocycles. The highest BCUT2D eigenvalue weighted by molar-refractivity contribution is 5.75. The van der Waals surface area contributed by atoms with E-state index in [4.69, 9.17) is 42.6 Å². The zero-order valence-corrected chi connectivity index (χ0v) is 36.1. The van der Waals surface area contributed by atoms with Crippen molar-refractivity contribution in [3.05, 3.63) is 0 Å². The van der Waals surface area contributed by atoms with Crippen LogP contribution in [-0.4, -0.2) is 130 Å². The van der Waals surface area contributed by atoms with Crippen molar-refractivity contribution in [2.24, 2.45) is 34.5 Å². The molecule has 8 aliphatic rings. The molecule has 4 aliphatic carbocycles. The summed E-state index contributed by atoms with van der Waals surface area (Å²) < 4.78 is 55.5. The Kier molecular flexibility index (Phi) is 12.0. The molecule has 4 heterocycles. The lowest BCUT2D eigenvalue weighted by Crippen LogP contribution is -2.67. The third-order valence-electron chi connectivity index (χ3n) is 16.3. The summed E-state index contributed by atoms with van der Waals surface area (Å²) >= 11 is 0. The van der Waals surface area contributed by atoms with Crippen molar-refractivity contribution in [1.82, 2.24) is 0 Å². The normalized spacial score (nSPS) is 54.0. The van der Waals surface area contributed by atoms with Crippen LogP contribution in [0.4, 0.5) is 0 Å². The van der Waals surface area contributed by atoms with E-state index in [1.54, 1.807) is 0 Å². The van der Waals surface area contributed by atoms with Crippen LogP contribution in [0.3, 0.4) is 0 Å². The number of aliphatic hydroxyl groups excluding tert-OH is 3. The average Bonchev–Trinajstić information content (AvgIpc) is 3.61. The smallest absolute Gasteiger partial charge is 0.309 e. The van der Waals surface area contributed by atoms with Gasteiger partial charge in [-0.2, -0.15) is 0 Å². The molecule has 0 aromatic carbocycles. The minimum atomic E-state index is -1.13. The maximum absolute atomic E-state index is 13.2. The molecule has 8 fully saturated rings. The van der Waals surface area contributed by atoms with Gasteiger partial charge in [-0.1, -0.05) is 13.8 Å². The SMILES string of the molecule is CC(C)OC(=O)[C@H]1CC[C@]2(O)[C@@H]3CC[C@@H]4C[C@@H](OC5C[C@H](O)[C@H](OC6C[C@H](O)[C@H](OC7C[C@@H]8OC(C)(C)O[C@@H]8[C@@H](C)O7)[C@@H](C)O6)[C@@H](C)O5)CC[C@]4(C)[C@H]3C[C@@H](O)[C@]12C. The van der Waals surface area contributed by atoms with Gasteiger partial charge in [-0.05, 0) is 123 Å². The van der Waals surface area contributed by atoms with Crippen molar-refractivity contribution < 1.29 is 67.9 Å². The van der Waals surface area contributed by atoms with Gasteiger partial charge in [0.1, 0.15) is 18.3 Å². The first-order valence-corrected chi connectivity index (χ1v) is 22.5. The lowest BCUT2D eigenvalue weighted by atomic mass is 9.42. The number of hydrogen-bond acceptors (Lipinski definition) is 14. The fourth-order valence-corrected chi connectivity index (χ4v) is 13.3. The highest BCUT2D eigenvalue weighted by Gasteiger charge is 2.72. The molecule has 3 unspecified atom stereocenters. The molecule has 0 radical (unpaired) electrons. The molecule has 4 saturated heterocycles. The Bertz CT molecular complexity index is 1450. The number of hydrogen-bond donors (Lipinski definition) is 4. The summed E-state index contributed by atoms with van der Waals surface area (Å²) in [4.78, 5) is 13.2. The predicted octanol–water partition coefficient (Wildman–Crippen LogP) is 4.48. The zero-order valence-electron chi connectivity index (χ0n) is 36.1. The highest BCUT2D eigenvalue weighted by atomic mass is 16.8. The highest BCUT2D eigenvalue weighted by Crippen LogP contribution is 2.69. The van der Waals surface area contributed by atoms with Crippen LogP contribution in [-0.2, 0) is 47.4 Å². The van der Waals surface area contributed by atoms with E-state index in [2.05, 4.69) is 6.92 Å². The third-order valence-corrected chi connectivity index (χ3v) is 16.3. The van der Waals surface area contributed by atoms with Crippen LogP contribution >= 0.6 is 0 Å². The van der Waals surface area contributed by atoms with E-state index < -0.39 is 84.3 Å². The standard InChI is InChI=1S/C44H72O14/c1-21(2)50-40(48)28-13-15-44(49)27-11-10-25-16-26(12-14-42(25,8)29(27)17-33(47)43(28,44)9)54-34-18-30(45)37(22(3)51-34)55-35-19-31(46)38(23(4)52-35)56-36-20-32-39(24(5)53-36)58-41(6,7)57-32/h21-39,45-47,49H,10-20H2,1-9H3/t22-,23-,24-,25-,26+,27-,28-,29+,30+,31+,32+,33-,34?,35?,36?,37-,38-,39-,42+,43+,44+/m1/s1. The summed E-state index contributed by atoms with van der Waals surface area (Å²) in [5, 5.41) is 46.9. The summed E-state index contributed by atoms with van der Waals surface area (Å²) in [7, 11) is 0. The van der Waals surface area contributed by atoms with Crippen LogP contribution in [0.5, 0.6) is 0 Å². The Balaban J connectivity index is 0.823. The molecule has 14 heteroatoms. The number of fused-ring (bicyclic) bond motifs is 6. The number of rotatable bonds is 8. The average molecular weight is 825 g/mol. The Morgan fingerprint density at radius 3 is 1.91 bits per heavy atom. The molecule has 0 spiro atoms. The number of aliphatic hydroxyl groups is 4. The van der Waals surface area contributed by atoms with E-state index in [1.165, 1.54) is 0 Å². The van der Waals surface area contributed by atoms with Crippen LogP contribution in [0.25, 0.3) is 0 Å². The lowest BCUT2D eigenvalue weighted by molar-refractivity contribution is -0.334. The predicted molar refractivity (Wildman–Crippen MR) is 207 cm³/mol. The molecule has 4 aliphatic heterocycles. The van der Waals surface area contributed by atoms with Crippen molar-refractivity contribution >= 4 is 5.97 Å². The van der Waals surface area contributed by atoms with E-state index in [1.807, 2.05) is 55.4 Å². The van der Waals surface area contributed by atoms with Gasteiger partial charge in [-0.3, -0.25) is 4.79 Å². The van der Waals surface area contributed by atoms with E-state index in [0.717, 1.165) is 32.1 Å². The number of esters is 1. The fourth-order valence-electron chi connectivity index (χ4n) is 13.3. The van der Waals surface area contributed by atoms with Gasteiger partial charge in [0.05, 0.1) is 66.5 Å². The van der Waals surface area contributed by atoms with Crippen LogP contribution in [0.2, 0.25) is 0 Å².